The van der Waals surface area contributed by atoms with Crippen LogP contribution in [0.3, 0.4) is 0 Å². The molecular weight excluding hydrogens is 367 g/mol. The molecule has 0 radical (unpaired) electrons. The summed E-state index contributed by atoms with van der Waals surface area (Å²) in [7, 11) is 1.52. The minimum absolute atomic E-state index is 0.0897. The van der Waals surface area contributed by atoms with E-state index in [0.29, 0.717) is 22.6 Å². The van der Waals surface area contributed by atoms with Crippen molar-refractivity contribution in [2.24, 2.45) is 0 Å². The van der Waals surface area contributed by atoms with Crippen LogP contribution in [0.15, 0.2) is 48.5 Å². The van der Waals surface area contributed by atoms with E-state index < -0.39 is 11.7 Å². The second-order valence-electron chi connectivity index (χ2n) is 6.09. The van der Waals surface area contributed by atoms with Gasteiger partial charge in [-0.2, -0.15) is 18.4 Å². The summed E-state index contributed by atoms with van der Waals surface area (Å²) in [6.07, 6.45) is -4.59. The highest BCUT2D eigenvalue weighted by Crippen LogP contribution is 2.44. The highest BCUT2D eigenvalue weighted by atomic mass is 19.4. The molecule has 0 atom stereocenters. The first-order valence-electron chi connectivity index (χ1n) is 8.29. The summed E-state index contributed by atoms with van der Waals surface area (Å²) >= 11 is 0. The van der Waals surface area contributed by atoms with Gasteiger partial charge in [0.1, 0.15) is 23.2 Å². The molecule has 0 amide bonds. The number of nitrogens with zero attached hydrogens (tertiary/aromatic N) is 2. The number of nitriles is 1. The van der Waals surface area contributed by atoms with Crippen molar-refractivity contribution in [3.8, 4) is 34.1 Å². The zero-order valence-electron chi connectivity index (χ0n) is 15.1. The fourth-order valence-electron chi connectivity index (χ4n) is 3.17. The van der Waals surface area contributed by atoms with Gasteiger partial charge >= 0.3 is 6.18 Å². The number of benzene rings is 2. The van der Waals surface area contributed by atoms with Gasteiger partial charge in [0.2, 0.25) is 0 Å². The molecule has 28 heavy (non-hydrogen) atoms. The van der Waals surface area contributed by atoms with Crippen molar-refractivity contribution in [3.05, 3.63) is 65.4 Å². The van der Waals surface area contributed by atoms with Crippen molar-refractivity contribution in [2.75, 3.05) is 12.8 Å². The molecule has 1 aromatic heterocycles. The quantitative estimate of drug-likeness (QED) is 0.674. The van der Waals surface area contributed by atoms with E-state index in [4.69, 9.17) is 10.5 Å². The van der Waals surface area contributed by atoms with Crippen LogP contribution in [0.1, 0.15) is 16.8 Å². The van der Waals surface area contributed by atoms with E-state index in [-0.39, 0.29) is 22.5 Å². The van der Waals surface area contributed by atoms with Crippen LogP contribution in [0.25, 0.3) is 22.3 Å². The number of hydrogen-bond donors (Lipinski definition) is 1. The Balaban J connectivity index is 2.43. The zero-order chi connectivity index (χ0) is 20.5. The average molecular weight is 383 g/mol. The molecule has 0 aliphatic heterocycles. The third-order valence-corrected chi connectivity index (χ3v) is 4.40. The van der Waals surface area contributed by atoms with E-state index in [0.717, 1.165) is 6.07 Å². The monoisotopic (exact) mass is 383 g/mol. The summed E-state index contributed by atoms with van der Waals surface area (Å²) < 4.78 is 46.1. The second kappa shape index (κ2) is 7.24. The van der Waals surface area contributed by atoms with E-state index in [1.54, 1.807) is 31.2 Å². The fourth-order valence-corrected chi connectivity index (χ4v) is 3.17. The molecule has 1 heterocycles. The molecule has 0 bridgehead atoms. The number of anilines is 1. The van der Waals surface area contributed by atoms with Crippen molar-refractivity contribution >= 4 is 5.82 Å². The molecule has 2 N–H and O–H groups in total. The summed E-state index contributed by atoms with van der Waals surface area (Å²) in [5.41, 5.74) is 6.41. The molecule has 0 unspecified atom stereocenters. The second-order valence-corrected chi connectivity index (χ2v) is 6.09. The fraction of sp³-hybridized carbons (Fsp3) is 0.143. The topological polar surface area (TPSA) is 71.9 Å². The maximum Gasteiger partial charge on any atom is 0.417 e. The largest absolute Gasteiger partial charge is 0.497 e. The normalized spacial score (nSPS) is 11.1. The SMILES string of the molecule is COc1ccc(-c2c(C)nc(N)c(C#N)c2-c2ccccc2C(F)(F)F)cc1. The smallest absolute Gasteiger partial charge is 0.417 e. The maximum atomic E-state index is 13.7. The van der Waals surface area contributed by atoms with Crippen molar-refractivity contribution in [2.45, 2.75) is 13.1 Å². The van der Waals surface area contributed by atoms with Crippen LogP contribution < -0.4 is 10.5 Å². The van der Waals surface area contributed by atoms with Crippen LogP contribution in [-0.2, 0) is 6.18 Å². The van der Waals surface area contributed by atoms with Gasteiger partial charge in [0.05, 0.1) is 12.7 Å². The Morgan fingerprint density at radius 1 is 1.04 bits per heavy atom. The van der Waals surface area contributed by atoms with Crippen LogP contribution in [0.2, 0.25) is 0 Å². The Morgan fingerprint density at radius 2 is 1.68 bits per heavy atom. The number of aromatic nitrogens is 1. The summed E-state index contributed by atoms with van der Waals surface area (Å²) in [5.74, 6) is 0.492. The highest BCUT2D eigenvalue weighted by molar-refractivity contribution is 5.92. The van der Waals surface area contributed by atoms with Gasteiger partial charge < -0.3 is 10.5 Å². The number of hydrogen-bond acceptors (Lipinski definition) is 4. The molecule has 2 aromatic carbocycles. The lowest BCUT2D eigenvalue weighted by atomic mass is 9.87. The Morgan fingerprint density at radius 3 is 2.25 bits per heavy atom. The van der Waals surface area contributed by atoms with E-state index in [1.165, 1.54) is 25.3 Å². The molecule has 3 rings (SSSR count). The Labute approximate surface area is 160 Å². The molecule has 0 aliphatic carbocycles. The van der Waals surface area contributed by atoms with Gasteiger partial charge in [-0.3, -0.25) is 0 Å². The van der Waals surface area contributed by atoms with Crippen molar-refractivity contribution in [3.63, 3.8) is 0 Å². The summed E-state index contributed by atoms with van der Waals surface area (Å²) in [5, 5.41) is 9.63. The Hall–Kier alpha value is -3.53. The van der Waals surface area contributed by atoms with E-state index in [2.05, 4.69) is 4.98 Å². The van der Waals surface area contributed by atoms with E-state index in [9.17, 15) is 18.4 Å². The summed E-state index contributed by atoms with van der Waals surface area (Å²) in [6.45, 7) is 1.65. The number of alkyl halides is 3. The van der Waals surface area contributed by atoms with Gasteiger partial charge in [-0.05, 0) is 36.2 Å². The van der Waals surface area contributed by atoms with Crippen LogP contribution in [-0.4, -0.2) is 12.1 Å². The number of halogens is 3. The van der Waals surface area contributed by atoms with Gasteiger partial charge in [0.15, 0.2) is 0 Å². The van der Waals surface area contributed by atoms with Gasteiger partial charge in [0.25, 0.3) is 0 Å². The third kappa shape index (κ3) is 3.37. The molecule has 0 saturated heterocycles. The first-order valence-corrected chi connectivity index (χ1v) is 8.29. The first-order chi connectivity index (χ1) is 13.3. The molecule has 4 nitrogen and oxygen atoms in total. The lowest BCUT2D eigenvalue weighted by molar-refractivity contribution is -0.137. The number of nitrogen functional groups attached to an aromatic ring is 1. The summed E-state index contributed by atoms with van der Waals surface area (Å²) in [6, 6.07) is 13.8. The van der Waals surface area contributed by atoms with Gasteiger partial charge in [-0.15, -0.1) is 0 Å². The number of nitrogens with two attached hydrogens (primary N) is 1. The van der Waals surface area contributed by atoms with Gasteiger partial charge in [0, 0.05) is 16.8 Å². The number of methoxy groups -OCH3 is 1. The Kier molecular flexibility index (Phi) is 4.97. The van der Waals surface area contributed by atoms with Crippen molar-refractivity contribution < 1.29 is 17.9 Å². The van der Waals surface area contributed by atoms with E-state index in [1.807, 2.05) is 6.07 Å². The van der Waals surface area contributed by atoms with Crippen LogP contribution >= 0.6 is 0 Å². The number of rotatable bonds is 3. The number of aryl methyl sites for hydroxylation is 1. The number of ether oxygens (including phenoxy) is 1. The van der Waals surface area contributed by atoms with Crippen LogP contribution in [0.4, 0.5) is 19.0 Å². The van der Waals surface area contributed by atoms with Crippen molar-refractivity contribution in [1.82, 2.24) is 4.98 Å². The predicted molar refractivity (Wildman–Crippen MR) is 101 cm³/mol. The summed E-state index contributed by atoms with van der Waals surface area (Å²) in [4.78, 5) is 4.18. The van der Waals surface area contributed by atoms with Gasteiger partial charge in [-0.25, -0.2) is 4.98 Å². The molecule has 0 aliphatic rings. The van der Waals surface area contributed by atoms with Crippen LogP contribution in [0, 0.1) is 18.3 Å². The molecular formula is C21H16F3N3O. The maximum absolute atomic E-state index is 13.7. The Bertz CT molecular complexity index is 1070. The average Bonchev–Trinajstić information content (AvgIpc) is 2.67. The molecule has 3 aromatic rings. The molecule has 0 spiro atoms. The lowest BCUT2D eigenvalue weighted by Crippen LogP contribution is -2.10. The van der Waals surface area contributed by atoms with Gasteiger partial charge in [-0.1, -0.05) is 30.3 Å². The van der Waals surface area contributed by atoms with E-state index >= 15 is 0 Å². The zero-order valence-corrected chi connectivity index (χ0v) is 15.1. The minimum atomic E-state index is -4.59. The molecule has 142 valence electrons. The first kappa shape index (κ1) is 19.2. The molecule has 0 saturated carbocycles. The standard InChI is InChI=1S/C21H16F3N3O/c1-12-18(13-7-9-14(28-2)10-8-13)19(16(11-25)20(26)27-12)15-5-3-4-6-17(15)21(22,23)24/h3-10H,1-2H3,(H2,26,27). The number of pyridine rings is 1. The highest BCUT2D eigenvalue weighted by Gasteiger charge is 2.35. The predicted octanol–water partition coefficient (Wildman–Crippen LogP) is 5.21. The third-order valence-electron chi connectivity index (χ3n) is 4.40. The van der Waals surface area contributed by atoms with Crippen molar-refractivity contribution in [1.29, 1.82) is 5.26 Å². The minimum Gasteiger partial charge on any atom is -0.497 e. The molecule has 7 heteroatoms. The molecule has 0 fully saturated rings. The van der Waals surface area contributed by atoms with Crippen LogP contribution in [0.5, 0.6) is 5.75 Å². The lowest BCUT2D eigenvalue weighted by Gasteiger charge is -2.19.